The topological polar surface area (TPSA) is 68.0 Å². The standard InChI is InChI=1S/C7H11N3O2/c1-5-9-10-7(12-5)4-3-6(11)8-2/h3-4H2,1-2H3,(H,8,11). The summed E-state index contributed by atoms with van der Waals surface area (Å²) >= 11 is 0. The molecule has 0 aliphatic heterocycles. The average Bonchev–Trinajstić information content (AvgIpc) is 2.47. The molecule has 0 atom stereocenters. The van der Waals surface area contributed by atoms with Crippen molar-refractivity contribution in [2.75, 3.05) is 7.05 Å². The SMILES string of the molecule is CNC(=O)CCc1nnc(C)o1. The maximum atomic E-state index is 10.8. The minimum Gasteiger partial charge on any atom is -0.426 e. The van der Waals surface area contributed by atoms with Gasteiger partial charge in [-0.15, -0.1) is 10.2 Å². The first-order valence-electron chi connectivity index (χ1n) is 3.72. The highest BCUT2D eigenvalue weighted by Crippen LogP contribution is 2.00. The molecule has 1 rings (SSSR count). The third-order valence-electron chi connectivity index (χ3n) is 1.41. The summed E-state index contributed by atoms with van der Waals surface area (Å²) in [4.78, 5) is 10.8. The quantitative estimate of drug-likeness (QED) is 0.694. The van der Waals surface area contributed by atoms with E-state index in [1.165, 1.54) is 0 Å². The van der Waals surface area contributed by atoms with E-state index in [4.69, 9.17) is 4.42 Å². The van der Waals surface area contributed by atoms with Crippen LogP contribution >= 0.6 is 0 Å². The van der Waals surface area contributed by atoms with Gasteiger partial charge in [-0.25, -0.2) is 0 Å². The van der Waals surface area contributed by atoms with E-state index in [2.05, 4.69) is 15.5 Å². The van der Waals surface area contributed by atoms with E-state index >= 15 is 0 Å². The maximum absolute atomic E-state index is 10.8. The number of hydrogen-bond acceptors (Lipinski definition) is 4. The zero-order chi connectivity index (χ0) is 8.97. The Morgan fingerprint density at radius 2 is 2.33 bits per heavy atom. The molecule has 0 aliphatic rings. The van der Waals surface area contributed by atoms with Crippen LogP contribution < -0.4 is 5.32 Å². The Morgan fingerprint density at radius 1 is 1.58 bits per heavy atom. The van der Waals surface area contributed by atoms with Crippen molar-refractivity contribution in [1.82, 2.24) is 15.5 Å². The molecule has 0 radical (unpaired) electrons. The van der Waals surface area contributed by atoms with Crippen LogP contribution in [0.2, 0.25) is 0 Å². The molecule has 0 bridgehead atoms. The van der Waals surface area contributed by atoms with E-state index in [0.717, 1.165) is 0 Å². The van der Waals surface area contributed by atoms with Crippen LogP contribution in [0.15, 0.2) is 4.42 Å². The van der Waals surface area contributed by atoms with E-state index in [9.17, 15) is 4.79 Å². The van der Waals surface area contributed by atoms with Gasteiger partial charge >= 0.3 is 0 Å². The van der Waals surface area contributed by atoms with Crippen LogP contribution in [0.1, 0.15) is 18.2 Å². The van der Waals surface area contributed by atoms with Gasteiger partial charge in [0.1, 0.15) is 0 Å². The smallest absolute Gasteiger partial charge is 0.220 e. The second-order valence-corrected chi connectivity index (χ2v) is 2.39. The monoisotopic (exact) mass is 169 g/mol. The third-order valence-corrected chi connectivity index (χ3v) is 1.41. The van der Waals surface area contributed by atoms with Crippen molar-refractivity contribution in [2.24, 2.45) is 0 Å². The van der Waals surface area contributed by atoms with Crippen LogP contribution in [0.4, 0.5) is 0 Å². The van der Waals surface area contributed by atoms with Crippen molar-refractivity contribution in [3.05, 3.63) is 11.8 Å². The Kier molecular flexibility index (Phi) is 2.79. The molecule has 0 fully saturated rings. The maximum Gasteiger partial charge on any atom is 0.220 e. The molecule has 5 nitrogen and oxygen atoms in total. The number of aryl methyl sites for hydroxylation is 2. The molecule has 0 saturated heterocycles. The molecule has 0 spiro atoms. The molecule has 66 valence electrons. The summed E-state index contributed by atoms with van der Waals surface area (Å²) in [7, 11) is 1.60. The predicted molar refractivity (Wildman–Crippen MR) is 41.4 cm³/mol. The number of rotatable bonds is 3. The molecule has 5 heteroatoms. The number of carbonyl (C=O) groups is 1. The van der Waals surface area contributed by atoms with Gasteiger partial charge in [0, 0.05) is 26.8 Å². The fourth-order valence-electron chi connectivity index (χ4n) is 0.784. The van der Waals surface area contributed by atoms with Gasteiger partial charge in [0.15, 0.2) is 0 Å². The van der Waals surface area contributed by atoms with Crippen molar-refractivity contribution in [2.45, 2.75) is 19.8 Å². The minimum absolute atomic E-state index is 0.0224. The normalized spacial score (nSPS) is 9.83. The van der Waals surface area contributed by atoms with Crippen molar-refractivity contribution in [3.63, 3.8) is 0 Å². The highest BCUT2D eigenvalue weighted by molar-refractivity contribution is 5.75. The van der Waals surface area contributed by atoms with Gasteiger partial charge < -0.3 is 9.73 Å². The summed E-state index contributed by atoms with van der Waals surface area (Å²) in [5.41, 5.74) is 0. The van der Waals surface area contributed by atoms with Gasteiger partial charge in [-0.05, 0) is 0 Å². The van der Waals surface area contributed by atoms with E-state index in [-0.39, 0.29) is 5.91 Å². The highest BCUT2D eigenvalue weighted by atomic mass is 16.4. The van der Waals surface area contributed by atoms with Gasteiger partial charge in [-0.2, -0.15) is 0 Å². The van der Waals surface area contributed by atoms with E-state index in [1.54, 1.807) is 14.0 Å². The zero-order valence-electron chi connectivity index (χ0n) is 7.13. The second kappa shape index (κ2) is 3.85. The first-order valence-corrected chi connectivity index (χ1v) is 3.72. The fourth-order valence-corrected chi connectivity index (χ4v) is 0.784. The van der Waals surface area contributed by atoms with Crippen molar-refractivity contribution in [1.29, 1.82) is 0 Å². The molecule has 1 N–H and O–H groups in total. The van der Waals surface area contributed by atoms with Crippen LogP contribution in [0, 0.1) is 6.92 Å². The van der Waals surface area contributed by atoms with E-state index < -0.39 is 0 Å². The summed E-state index contributed by atoms with van der Waals surface area (Å²) in [6.07, 6.45) is 0.888. The van der Waals surface area contributed by atoms with Gasteiger partial charge in [0.05, 0.1) is 0 Å². The predicted octanol–water partition coefficient (Wildman–Crippen LogP) is 0.0566. The molecule has 1 aromatic heterocycles. The Balaban J connectivity index is 2.38. The molecule has 12 heavy (non-hydrogen) atoms. The lowest BCUT2D eigenvalue weighted by Gasteiger charge is -1.94. The number of aromatic nitrogens is 2. The largest absolute Gasteiger partial charge is 0.426 e. The second-order valence-electron chi connectivity index (χ2n) is 2.39. The van der Waals surface area contributed by atoms with E-state index in [1.807, 2.05) is 0 Å². The highest BCUT2D eigenvalue weighted by Gasteiger charge is 2.04. The van der Waals surface area contributed by atoms with E-state index in [0.29, 0.717) is 24.6 Å². The Morgan fingerprint density at radius 3 is 2.83 bits per heavy atom. The number of nitrogens with one attached hydrogen (secondary N) is 1. The van der Waals surface area contributed by atoms with Crippen LogP contribution in [0.5, 0.6) is 0 Å². The molecule has 0 saturated carbocycles. The number of hydrogen-bond donors (Lipinski definition) is 1. The van der Waals surface area contributed by atoms with Gasteiger partial charge in [-0.1, -0.05) is 0 Å². The summed E-state index contributed by atoms with van der Waals surface area (Å²) in [6.45, 7) is 1.72. The lowest BCUT2D eigenvalue weighted by atomic mass is 10.3. The number of nitrogens with zero attached hydrogens (tertiary/aromatic N) is 2. The lowest BCUT2D eigenvalue weighted by molar-refractivity contribution is -0.120. The van der Waals surface area contributed by atoms with Gasteiger partial charge in [-0.3, -0.25) is 4.79 Å². The number of carbonyl (C=O) groups excluding carboxylic acids is 1. The van der Waals surface area contributed by atoms with Gasteiger partial charge in [0.2, 0.25) is 17.7 Å². The first kappa shape index (κ1) is 8.70. The fraction of sp³-hybridized carbons (Fsp3) is 0.571. The minimum atomic E-state index is -0.0224. The lowest BCUT2D eigenvalue weighted by Crippen LogP contribution is -2.17. The Hall–Kier alpha value is -1.39. The zero-order valence-corrected chi connectivity index (χ0v) is 7.13. The molecule has 1 aromatic rings. The summed E-state index contributed by atoms with van der Waals surface area (Å²) in [5, 5.41) is 9.91. The average molecular weight is 169 g/mol. The molecule has 0 unspecified atom stereocenters. The van der Waals surface area contributed by atoms with Gasteiger partial charge in [0.25, 0.3) is 0 Å². The number of amides is 1. The molecule has 0 aliphatic carbocycles. The molecule has 1 heterocycles. The third kappa shape index (κ3) is 2.34. The molecule has 0 aromatic carbocycles. The first-order chi connectivity index (χ1) is 5.72. The summed E-state index contributed by atoms with van der Waals surface area (Å²) < 4.78 is 5.08. The summed E-state index contributed by atoms with van der Waals surface area (Å²) in [5.74, 6) is 1.02. The Labute approximate surface area is 70.2 Å². The van der Waals surface area contributed by atoms with Crippen LogP contribution in [-0.2, 0) is 11.2 Å². The van der Waals surface area contributed by atoms with Crippen LogP contribution in [0.25, 0.3) is 0 Å². The van der Waals surface area contributed by atoms with Crippen molar-refractivity contribution in [3.8, 4) is 0 Å². The molecular weight excluding hydrogens is 158 g/mol. The van der Waals surface area contributed by atoms with Crippen molar-refractivity contribution >= 4 is 5.91 Å². The Bertz CT molecular complexity index is 269. The van der Waals surface area contributed by atoms with Crippen molar-refractivity contribution < 1.29 is 9.21 Å². The van der Waals surface area contributed by atoms with Crippen LogP contribution in [-0.4, -0.2) is 23.2 Å². The molecule has 1 amide bonds. The molecular formula is C7H11N3O2. The van der Waals surface area contributed by atoms with Crippen LogP contribution in [0.3, 0.4) is 0 Å². The summed E-state index contributed by atoms with van der Waals surface area (Å²) in [6, 6.07) is 0.